The Morgan fingerprint density at radius 3 is 2.50 bits per heavy atom. The predicted molar refractivity (Wildman–Crippen MR) is 70.8 cm³/mol. The van der Waals surface area contributed by atoms with Crippen molar-refractivity contribution >= 4 is 11.6 Å². The summed E-state index contributed by atoms with van der Waals surface area (Å²) in [7, 11) is 0. The zero-order valence-corrected chi connectivity index (χ0v) is 11.0. The average Bonchev–Trinajstić information content (AvgIpc) is 2.31. The number of halogens is 1. The van der Waals surface area contributed by atoms with Gasteiger partial charge in [0.2, 0.25) is 0 Å². The number of hydroxylamine groups is 3. The van der Waals surface area contributed by atoms with Crippen molar-refractivity contribution in [3.05, 3.63) is 17.5 Å². The van der Waals surface area contributed by atoms with Crippen molar-refractivity contribution in [3.63, 3.8) is 0 Å². The molecule has 0 aliphatic carbocycles. The Bertz CT molecular complexity index is 241. The SMILES string of the molecule is C#CCCCCC(Cl)/C=C/[N+]([O-])(CC)CC. The fourth-order valence-electron chi connectivity index (χ4n) is 1.35. The topological polar surface area (TPSA) is 23.1 Å². The Morgan fingerprint density at radius 2 is 2.00 bits per heavy atom. The molecular formula is C13H22ClNO. The summed E-state index contributed by atoms with van der Waals surface area (Å²) in [6.07, 6.45) is 12.3. The van der Waals surface area contributed by atoms with E-state index in [1.54, 1.807) is 6.20 Å². The average molecular weight is 244 g/mol. The zero-order valence-electron chi connectivity index (χ0n) is 10.3. The third-order valence-electron chi connectivity index (χ3n) is 2.69. The number of rotatable bonds is 8. The third kappa shape index (κ3) is 6.90. The van der Waals surface area contributed by atoms with Gasteiger partial charge in [0.1, 0.15) is 0 Å². The van der Waals surface area contributed by atoms with E-state index in [2.05, 4.69) is 5.92 Å². The molecule has 0 spiro atoms. The van der Waals surface area contributed by atoms with Gasteiger partial charge in [0.15, 0.2) is 0 Å². The van der Waals surface area contributed by atoms with Gasteiger partial charge in [-0.25, -0.2) is 0 Å². The van der Waals surface area contributed by atoms with Crippen LogP contribution < -0.4 is 0 Å². The minimum atomic E-state index is -0.298. The highest BCUT2D eigenvalue weighted by molar-refractivity contribution is 6.21. The summed E-state index contributed by atoms with van der Waals surface area (Å²) in [6, 6.07) is 0. The van der Waals surface area contributed by atoms with E-state index in [4.69, 9.17) is 18.0 Å². The second-order valence-corrected chi connectivity index (χ2v) is 4.45. The van der Waals surface area contributed by atoms with Crippen LogP contribution in [-0.4, -0.2) is 23.1 Å². The number of nitrogens with zero attached hydrogens (tertiary/aromatic N) is 1. The number of quaternary nitrogens is 1. The summed E-state index contributed by atoms with van der Waals surface area (Å²) in [5.74, 6) is 2.60. The fraction of sp³-hybridized carbons (Fsp3) is 0.692. The van der Waals surface area contributed by atoms with Crippen LogP contribution in [0.3, 0.4) is 0 Å². The molecule has 0 fully saturated rings. The Hall–Kier alpha value is -0.490. The quantitative estimate of drug-likeness (QED) is 0.210. The number of terminal acetylenes is 1. The molecule has 1 atom stereocenters. The number of hydrogen-bond acceptors (Lipinski definition) is 1. The van der Waals surface area contributed by atoms with Gasteiger partial charge in [0.25, 0.3) is 0 Å². The Kier molecular flexibility index (Phi) is 8.37. The van der Waals surface area contributed by atoms with Gasteiger partial charge in [-0.15, -0.1) is 23.9 Å². The summed E-state index contributed by atoms with van der Waals surface area (Å²) >= 11 is 6.09. The molecule has 2 nitrogen and oxygen atoms in total. The van der Waals surface area contributed by atoms with Gasteiger partial charge < -0.3 is 9.85 Å². The van der Waals surface area contributed by atoms with Crippen molar-refractivity contribution in [1.29, 1.82) is 0 Å². The maximum absolute atomic E-state index is 11.9. The van der Waals surface area contributed by atoms with Crippen molar-refractivity contribution in [1.82, 2.24) is 0 Å². The van der Waals surface area contributed by atoms with Gasteiger partial charge in [0.05, 0.1) is 24.7 Å². The van der Waals surface area contributed by atoms with Crippen LogP contribution in [0.15, 0.2) is 12.3 Å². The molecule has 16 heavy (non-hydrogen) atoms. The van der Waals surface area contributed by atoms with E-state index in [1.165, 1.54) is 0 Å². The van der Waals surface area contributed by atoms with E-state index < -0.39 is 0 Å². The summed E-state index contributed by atoms with van der Waals surface area (Å²) in [6.45, 7) is 4.87. The molecule has 0 rings (SSSR count). The molecule has 0 aromatic heterocycles. The molecule has 0 aromatic rings. The van der Waals surface area contributed by atoms with Crippen LogP contribution >= 0.6 is 11.6 Å². The first-order chi connectivity index (χ1) is 7.58. The van der Waals surface area contributed by atoms with Crippen molar-refractivity contribution in [2.45, 2.75) is 44.9 Å². The van der Waals surface area contributed by atoms with E-state index in [1.807, 2.05) is 19.9 Å². The van der Waals surface area contributed by atoms with Crippen LogP contribution in [0.4, 0.5) is 0 Å². The number of hydrogen-bond donors (Lipinski definition) is 0. The molecule has 3 heteroatoms. The lowest BCUT2D eigenvalue weighted by Crippen LogP contribution is -2.35. The molecule has 0 saturated heterocycles. The van der Waals surface area contributed by atoms with E-state index in [9.17, 15) is 5.21 Å². The van der Waals surface area contributed by atoms with E-state index in [0.717, 1.165) is 25.7 Å². The van der Waals surface area contributed by atoms with Gasteiger partial charge in [-0.05, 0) is 32.8 Å². The van der Waals surface area contributed by atoms with Crippen molar-refractivity contribution in [2.24, 2.45) is 0 Å². The van der Waals surface area contributed by atoms with Gasteiger partial charge in [-0.2, -0.15) is 0 Å². The lowest BCUT2D eigenvalue weighted by Gasteiger charge is -2.36. The largest absolute Gasteiger partial charge is 0.628 e. The van der Waals surface area contributed by atoms with E-state index >= 15 is 0 Å². The summed E-state index contributed by atoms with van der Waals surface area (Å²) in [4.78, 5) is 0. The van der Waals surface area contributed by atoms with Crippen molar-refractivity contribution < 1.29 is 4.65 Å². The predicted octanol–water partition coefficient (Wildman–Crippen LogP) is 3.66. The normalized spacial score (nSPS) is 13.9. The van der Waals surface area contributed by atoms with Crippen LogP contribution in [0.2, 0.25) is 0 Å². The fourth-order valence-corrected chi connectivity index (χ4v) is 1.57. The third-order valence-corrected chi connectivity index (χ3v) is 3.05. The molecule has 0 bridgehead atoms. The van der Waals surface area contributed by atoms with E-state index in [-0.39, 0.29) is 10.0 Å². The number of allylic oxidation sites excluding steroid dienone is 1. The first-order valence-electron chi connectivity index (χ1n) is 5.92. The highest BCUT2D eigenvalue weighted by Gasteiger charge is 2.08. The highest BCUT2D eigenvalue weighted by Crippen LogP contribution is 2.13. The Labute approximate surface area is 104 Å². The van der Waals surface area contributed by atoms with Gasteiger partial charge in [-0.1, -0.05) is 6.42 Å². The maximum Gasteiger partial charge on any atom is 0.0932 e. The standard InChI is InChI=1S/C13H22ClNO/c1-4-7-8-9-10-13(14)11-12-15(16,5-2)6-3/h1,11-13H,5-10H2,2-3H3/b12-11+. The molecule has 0 aliphatic heterocycles. The van der Waals surface area contributed by atoms with Crippen LogP contribution in [0.5, 0.6) is 0 Å². The van der Waals surface area contributed by atoms with Crippen molar-refractivity contribution in [2.75, 3.05) is 13.1 Å². The molecule has 1 unspecified atom stereocenters. The zero-order chi connectivity index (χ0) is 12.4. The summed E-state index contributed by atoms with van der Waals surface area (Å²) in [5.41, 5.74) is 0. The summed E-state index contributed by atoms with van der Waals surface area (Å²) in [5, 5.41) is 11.8. The maximum atomic E-state index is 11.9. The molecule has 0 heterocycles. The van der Waals surface area contributed by atoms with Gasteiger partial charge in [-0.3, -0.25) is 0 Å². The molecule has 0 saturated carbocycles. The van der Waals surface area contributed by atoms with Gasteiger partial charge in [0, 0.05) is 6.42 Å². The second-order valence-electron chi connectivity index (χ2n) is 3.89. The van der Waals surface area contributed by atoms with Crippen LogP contribution in [0, 0.1) is 17.6 Å². The molecule has 0 aliphatic rings. The number of alkyl halides is 1. The van der Waals surface area contributed by atoms with Crippen molar-refractivity contribution in [3.8, 4) is 12.3 Å². The minimum absolute atomic E-state index is 0.0534. The van der Waals surface area contributed by atoms with E-state index in [0.29, 0.717) is 13.1 Å². The molecule has 0 aromatic carbocycles. The number of unbranched alkanes of at least 4 members (excludes halogenated alkanes) is 2. The molecule has 0 N–H and O–H groups in total. The lowest BCUT2D eigenvalue weighted by molar-refractivity contribution is -0.825. The smallest absolute Gasteiger partial charge is 0.0932 e. The monoisotopic (exact) mass is 243 g/mol. The molecule has 0 amide bonds. The van der Waals surface area contributed by atoms with Crippen LogP contribution in [-0.2, 0) is 0 Å². The minimum Gasteiger partial charge on any atom is -0.628 e. The lowest BCUT2D eigenvalue weighted by atomic mass is 10.1. The molecule has 92 valence electrons. The highest BCUT2D eigenvalue weighted by atomic mass is 35.5. The molecular weight excluding hydrogens is 222 g/mol. The Balaban J connectivity index is 3.90. The van der Waals surface area contributed by atoms with Crippen LogP contribution in [0.25, 0.3) is 0 Å². The second kappa shape index (κ2) is 8.64. The van der Waals surface area contributed by atoms with Crippen LogP contribution in [0.1, 0.15) is 39.5 Å². The van der Waals surface area contributed by atoms with Gasteiger partial charge >= 0.3 is 0 Å². The molecule has 0 radical (unpaired) electrons. The summed E-state index contributed by atoms with van der Waals surface area (Å²) < 4.78 is -0.298. The first-order valence-corrected chi connectivity index (χ1v) is 6.36. The first kappa shape index (κ1) is 15.5. The Morgan fingerprint density at radius 1 is 1.38 bits per heavy atom.